The highest BCUT2D eigenvalue weighted by Crippen LogP contribution is 2.24. The van der Waals surface area contributed by atoms with E-state index in [1.807, 2.05) is 32.0 Å². The number of amides is 3. The fourth-order valence-corrected chi connectivity index (χ4v) is 3.02. The van der Waals surface area contributed by atoms with Crippen LogP contribution in [0.25, 0.3) is 11.5 Å². The fourth-order valence-electron chi connectivity index (χ4n) is 2.46. The normalized spacial score (nSPS) is 10.4. The summed E-state index contributed by atoms with van der Waals surface area (Å²) in [6.07, 6.45) is 0. The molecular formula is C19H18N4O3S. The number of para-hydroxylation sites is 1. The zero-order chi connectivity index (χ0) is 19.2. The molecule has 2 aromatic carbocycles. The summed E-state index contributed by atoms with van der Waals surface area (Å²) < 4.78 is 5.59. The molecule has 1 aromatic heterocycles. The summed E-state index contributed by atoms with van der Waals surface area (Å²) in [5, 5.41) is 13.0. The second-order valence-electron chi connectivity index (χ2n) is 5.91. The van der Waals surface area contributed by atoms with E-state index in [0.29, 0.717) is 11.6 Å². The molecule has 1 heterocycles. The smallest absolute Gasteiger partial charge is 0.325 e. The standard InChI is InChI=1S/C19H18N4O3S/c1-12-8-13(2)10-14(9-12)17-22-23-19(26-17)27-11-16(24)21-18(25)20-15-6-4-3-5-7-15/h3-10H,11H2,1-2H3,(H2,20,21,24,25). The molecule has 0 atom stereocenters. The maximum atomic E-state index is 11.9. The van der Waals surface area contributed by atoms with Crippen molar-refractivity contribution in [2.24, 2.45) is 0 Å². The summed E-state index contributed by atoms with van der Waals surface area (Å²) in [5.74, 6) is -0.0810. The first-order valence-corrected chi connectivity index (χ1v) is 9.19. The van der Waals surface area contributed by atoms with E-state index in [2.05, 4.69) is 26.9 Å². The van der Waals surface area contributed by atoms with Gasteiger partial charge in [-0.3, -0.25) is 10.1 Å². The highest BCUT2D eigenvalue weighted by molar-refractivity contribution is 7.99. The molecule has 0 aliphatic heterocycles. The Kier molecular flexibility index (Phi) is 5.87. The van der Waals surface area contributed by atoms with E-state index >= 15 is 0 Å². The van der Waals surface area contributed by atoms with Crippen molar-refractivity contribution in [3.05, 3.63) is 59.7 Å². The monoisotopic (exact) mass is 382 g/mol. The number of carbonyl (C=O) groups excluding carboxylic acids is 2. The Hall–Kier alpha value is -3.13. The average molecular weight is 382 g/mol. The fraction of sp³-hybridized carbons (Fsp3) is 0.158. The number of benzene rings is 2. The Morgan fingerprint density at radius 3 is 2.44 bits per heavy atom. The Morgan fingerprint density at radius 1 is 1.04 bits per heavy atom. The molecule has 0 fully saturated rings. The molecule has 3 amide bonds. The molecule has 0 saturated carbocycles. The van der Waals surface area contributed by atoms with Crippen LogP contribution in [0.2, 0.25) is 0 Å². The Bertz CT molecular complexity index is 936. The maximum Gasteiger partial charge on any atom is 0.325 e. The number of nitrogens with zero attached hydrogens (tertiary/aromatic N) is 2. The zero-order valence-electron chi connectivity index (χ0n) is 14.9. The van der Waals surface area contributed by atoms with E-state index < -0.39 is 11.9 Å². The van der Waals surface area contributed by atoms with Gasteiger partial charge in [-0.05, 0) is 38.1 Å². The van der Waals surface area contributed by atoms with Crippen molar-refractivity contribution in [1.29, 1.82) is 0 Å². The van der Waals surface area contributed by atoms with E-state index in [-0.39, 0.29) is 11.0 Å². The van der Waals surface area contributed by atoms with Crippen LogP contribution in [0.15, 0.2) is 58.2 Å². The van der Waals surface area contributed by atoms with Gasteiger partial charge in [0.15, 0.2) is 0 Å². The van der Waals surface area contributed by atoms with Crippen molar-refractivity contribution in [3.8, 4) is 11.5 Å². The number of aryl methyl sites for hydroxylation is 2. The number of nitrogens with one attached hydrogen (secondary N) is 2. The van der Waals surface area contributed by atoms with E-state index in [1.54, 1.807) is 24.3 Å². The third-order valence-corrected chi connectivity index (χ3v) is 4.30. The minimum Gasteiger partial charge on any atom is -0.411 e. The quantitative estimate of drug-likeness (QED) is 0.652. The molecule has 3 aromatic rings. The third-order valence-electron chi connectivity index (χ3n) is 3.49. The van der Waals surface area contributed by atoms with Gasteiger partial charge in [-0.15, -0.1) is 10.2 Å². The second-order valence-corrected chi connectivity index (χ2v) is 6.83. The number of thioether (sulfide) groups is 1. The molecule has 7 nitrogen and oxygen atoms in total. The van der Waals surface area contributed by atoms with Gasteiger partial charge in [0.25, 0.3) is 5.22 Å². The van der Waals surface area contributed by atoms with Crippen molar-refractivity contribution >= 4 is 29.4 Å². The van der Waals surface area contributed by atoms with Gasteiger partial charge >= 0.3 is 6.03 Å². The van der Waals surface area contributed by atoms with Gasteiger partial charge in [-0.1, -0.05) is 47.2 Å². The number of hydrogen-bond donors (Lipinski definition) is 2. The van der Waals surface area contributed by atoms with Crippen LogP contribution in [0, 0.1) is 13.8 Å². The first-order valence-electron chi connectivity index (χ1n) is 8.20. The lowest BCUT2D eigenvalue weighted by Crippen LogP contribution is -2.35. The summed E-state index contributed by atoms with van der Waals surface area (Å²) in [6, 6.07) is 14.2. The van der Waals surface area contributed by atoms with Crippen molar-refractivity contribution in [2.75, 3.05) is 11.1 Å². The Balaban J connectivity index is 1.52. The predicted molar refractivity (Wildman–Crippen MR) is 104 cm³/mol. The van der Waals surface area contributed by atoms with Crippen molar-refractivity contribution < 1.29 is 14.0 Å². The van der Waals surface area contributed by atoms with Gasteiger partial charge in [0, 0.05) is 11.3 Å². The third kappa shape index (κ3) is 5.42. The van der Waals surface area contributed by atoms with E-state index in [1.165, 1.54) is 0 Å². The van der Waals surface area contributed by atoms with Crippen LogP contribution < -0.4 is 10.6 Å². The van der Waals surface area contributed by atoms with E-state index in [9.17, 15) is 9.59 Å². The number of rotatable bonds is 5. The minimum absolute atomic E-state index is 0.0172. The maximum absolute atomic E-state index is 11.9. The molecule has 0 saturated heterocycles. The van der Waals surface area contributed by atoms with Crippen LogP contribution in [-0.2, 0) is 4.79 Å². The summed E-state index contributed by atoms with van der Waals surface area (Å²) in [5.41, 5.74) is 3.63. The molecule has 0 radical (unpaired) electrons. The summed E-state index contributed by atoms with van der Waals surface area (Å²) in [4.78, 5) is 23.7. The first kappa shape index (κ1) is 18.7. The van der Waals surface area contributed by atoms with Crippen molar-refractivity contribution in [3.63, 3.8) is 0 Å². The molecule has 0 bridgehead atoms. The number of imide groups is 1. The largest absolute Gasteiger partial charge is 0.411 e. The van der Waals surface area contributed by atoms with Gasteiger partial charge in [-0.25, -0.2) is 4.79 Å². The first-order chi connectivity index (χ1) is 13.0. The molecule has 27 heavy (non-hydrogen) atoms. The van der Waals surface area contributed by atoms with Gasteiger partial charge < -0.3 is 9.73 Å². The van der Waals surface area contributed by atoms with Crippen molar-refractivity contribution in [2.45, 2.75) is 19.1 Å². The van der Waals surface area contributed by atoms with Crippen LogP contribution in [0.3, 0.4) is 0 Å². The second kappa shape index (κ2) is 8.50. The summed E-state index contributed by atoms with van der Waals surface area (Å²) in [7, 11) is 0. The average Bonchev–Trinajstić information content (AvgIpc) is 3.09. The highest BCUT2D eigenvalue weighted by atomic mass is 32.2. The zero-order valence-corrected chi connectivity index (χ0v) is 15.7. The lowest BCUT2D eigenvalue weighted by Gasteiger charge is -2.05. The molecule has 0 spiro atoms. The molecule has 0 unspecified atom stereocenters. The van der Waals surface area contributed by atoms with Crippen LogP contribution >= 0.6 is 11.8 Å². The minimum atomic E-state index is -0.590. The molecule has 0 aliphatic carbocycles. The molecular weight excluding hydrogens is 364 g/mol. The van der Waals surface area contributed by atoms with E-state index in [4.69, 9.17) is 4.42 Å². The summed E-state index contributed by atoms with van der Waals surface area (Å²) >= 11 is 1.07. The highest BCUT2D eigenvalue weighted by Gasteiger charge is 2.13. The van der Waals surface area contributed by atoms with Gasteiger partial charge in [0.1, 0.15) is 0 Å². The molecule has 3 rings (SSSR count). The number of aromatic nitrogens is 2. The lowest BCUT2D eigenvalue weighted by atomic mass is 10.1. The van der Waals surface area contributed by atoms with Crippen LogP contribution in [0.1, 0.15) is 11.1 Å². The molecule has 2 N–H and O–H groups in total. The predicted octanol–water partition coefficient (Wildman–Crippen LogP) is 3.79. The molecule has 8 heteroatoms. The summed E-state index contributed by atoms with van der Waals surface area (Å²) in [6.45, 7) is 3.99. The topological polar surface area (TPSA) is 97.1 Å². The van der Waals surface area contributed by atoms with Gasteiger partial charge in [0.05, 0.1) is 5.75 Å². The Labute approximate surface area is 160 Å². The molecule has 0 aliphatic rings. The Morgan fingerprint density at radius 2 is 1.74 bits per heavy atom. The van der Waals surface area contributed by atoms with Gasteiger partial charge in [-0.2, -0.15) is 0 Å². The van der Waals surface area contributed by atoms with Crippen molar-refractivity contribution in [1.82, 2.24) is 15.5 Å². The van der Waals surface area contributed by atoms with Crippen LogP contribution in [0.4, 0.5) is 10.5 Å². The van der Waals surface area contributed by atoms with Gasteiger partial charge in [0.2, 0.25) is 11.8 Å². The number of anilines is 1. The van der Waals surface area contributed by atoms with Crippen LogP contribution in [-0.4, -0.2) is 27.9 Å². The lowest BCUT2D eigenvalue weighted by molar-refractivity contribution is -0.117. The number of carbonyl (C=O) groups is 2. The number of hydrogen-bond acceptors (Lipinski definition) is 6. The van der Waals surface area contributed by atoms with E-state index in [0.717, 1.165) is 28.5 Å². The molecule has 138 valence electrons. The SMILES string of the molecule is Cc1cc(C)cc(-c2nnc(SCC(=O)NC(=O)Nc3ccccc3)o2)c1. The van der Waals surface area contributed by atoms with Crippen LogP contribution in [0.5, 0.6) is 0 Å². The number of urea groups is 1.